The van der Waals surface area contributed by atoms with Gasteiger partial charge in [0.2, 0.25) is 0 Å². The molecule has 0 aliphatic carbocycles. The molecular weight excluding hydrogens is 512 g/mol. The molecule has 0 aliphatic rings. The number of carboxylic acids is 4. The fourth-order valence-electron chi connectivity index (χ4n) is 3.54. The lowest BCUT2D eigenvalue weighted by Gasteiger charge is -2.27. The summed E-state index contributed by atoms with van der Waals surface area (Å²) >= 11 is 0. The molecule has 210 valence electrons. The Bertz CT molecular complexity index is 1230. The van der Waals surface area contributed by atoms with Gasteiger partial charge in [0.1, 0.15) is 11.5 Å². The van der Waals surface area contributed by atoms with Gasteiger partial charge in [-0.25, -0.2) is 19.2 Å². The van der Waals surface area contributed by atoms with Gasteiger partial charge in [-0.05, 0) is 37.0 Å². The number of hydrogen-bond acceptors (Lipinski definition) is 8. The molecule has 3 rings (SSSR count). The fourth-order valence-corrected chi connectivity index (χ4v) is 3.54. The number of carboxylic acid groups (broad SMARTS) is 4. The Labute approximate surface area is 225 Å². The second-order valence-electron chi connectivity index (χ2n) is 8.04. The molecule has 39 heavy (non-hydrogen) atoms. The monoisotopic (exact) mass is 544 g/mol. The van der Waals surface area contributed by atoms with Crippen LogP contribution >= 0.6 is 0 Å². The molecule has 3 aromatic carbocycles. The number of hydrogen-bond donors (Lipinski definition) is 5. The Morgan fingerprint density at radius 1 is 0.744 bits per heavy atom. The van der Waals surface area contributed by atoms with Crippen LogP contribution in [-0.2, 0) is 25.7 Å². The van der Waals surface area contributed by atoms with Gasteiger partial charge < -0.3 is 40.1 Å². The zero-order valence-electron chi connectivity index (χ0n) is 22.0. The van der Waals surface area contributed by atoms with Crippen molar-refractivity contribution in [2.75, 3.05) is 34.9 Å². The summed E-state index contributed by atoms with van der Waals surface area (Å²) in [6, 6.07) is 21.0. The Balaban J connectivity index is 0.000000530. The Morgan fingerprint density at radius 3 is 1.77 bits per heavy atom. The number of aliphatic carboxylic acids is 4. The summed E-state index contributed by atoms with van der Waals surface area (Å²) in [6.07, 6.45) is 0. The highest BCUT2D eigenvalue weighted by molar-refractivity contribution is 6.27. The molecule has 1 unspecified atom stereocenters. The fraction of sp³-hybridized carbons (Fsp3) is 0.259. The van der Waals surface area contributed by atoms with Crippen LogP contribution in [0.3, 0.4) is 0 Å². The average Bonchev–Trinajstić information content (AvgIpc) is 2.91. The predicted molar refractivity (Wildman–Crippen MR) is 142 cm³/mol. The minimum Gasteiger partial charge on any atom is -0.496 e. The number of likely N-dealkylation sites (N-methyl/N-ethyl adjacent to an activating group) is 1. The average molecular weight is 545 g/mol. The van der Waals surface area contributed by atoms with E-state index < -0.39 is 23.9 Å². The van der Waals surface area contributed by atoms with E-state index in [1.54, 1.807) is 14.2 Å². The standard InChI is InChI=1S/C23H28N2O2.2C2H2O4/c1-25(2)21(19-11-7-8-12-22(19)26-3)16-24-15-20-18-10-6-5-9-17(18)13-14-23(20)27-4;2*3-1(4)2(5)6/h5-14,21,24H,15-16H2,1-4H3;2*(H,3,4)(H,5,6). The molecule has 0 aliphatic heterocycles. The summed E-state index contributed by atoms with van der Waals surface area (Å²) in [6.45, 7) is 1.55. The molecule has 1 atom stereocenters. The van der Waals surface area contributed by atoms with Gasteiger partial charge in [-0.15, -0.1) is 0 Å². The largest absolute Gasteiger partial charge is 0.496 e. The van der Waals surface area contributed by atoms with E-state index in [-0.39, 0.29) is 6.04 Å². The first-order valence-electron chi connectivity index (χ1n) is 11.4. The summed E-state index contributed by atoms with van der Waals surface area (Å²) < 4.78 is 11.2. The molecule has 0 saturated carbocycles. The van der Waals surface area contributed by atoms with Crippen LogP contribution in [-0.4, -0.2) is 84.1 Å². The third-order valence-corrected chi connectivity index (χ3v) is 5.34. The molecule has 0 amide bonds. The van der Waals surface area contributed by atoms with Gasteiger partial charge in [0.15, 0.2) is 0 Å². The van der Waals surface area contributed by atoms with Crippen molar-refractivity contribution in [3.8, 4) is 11.5 Å². The van der Waals surface area contributed by atoms with Crippen LogP contribution in [0.2, 0.25) is 0 Å². The molecule has 12 nitrogen and oxygen atoms in total. The van der Waals surface area contributed by atoms with E-state index in [4.69, 9.17) is 49.1 Å². The van der Waals surface area contributed by atoms with E-state index in [9.17, 15) is 0 Å². The first-order chi connectivity index (χ1) is 18.4. The minimum atomic E-state index is -1.82. The van der Waals surface area contributed by atoms with E-state index in [0.29, 0.717) is 0 Å². The first kappa shape index (κ1) is 32.3. The van der Waals surface area contributed by atoms with Crippen LogP contribution in [0.4, 0.5) is 0 Å². The number of nitrogens with one attached hydrogen (secondary N) is 1. The minimum absolute atomic E-state index is 0.210. The van der Waals surface area contributed by atoms with Crippen molar-refractivity contribution in [1.29, 1.82) is 0 Å². The molecular formula is C27H32N2O10. The van der Waals surface area contributed by atoms with Crippen LogP contribution in [0.25, 0.3) is 10.8 Å². The third kappa shape index (κ3) is 10.3. The van der Waals surface area contributed by atoms with Gasteiger partial charge in [-0.2, -0.15) is 0 Å². The summed E-state index contributed by atoms with van der Waals surface area (Å²) in [5.41, 5.74) is 2.37. The molecule has 0 radical (unpaired) electrons. The molecule has 0 heterocycles. The zero-order valence-corrected chi connectivity index (χ0v) is 22.0. The third-order valence-electron chi connectivity index (χ3n) is 5.34. The summed E-state index contributed by atoms with van der Waals surface area (Å²) in [4.78, 5) is 38.6. The summed E-state index contributed by atoms with van der Waals surface area (Å²) in [5.74, 6) is -5.46. The Morgan fingerprint density at radius 2 is 1.26 bits per heavy atom. The van der Waals surface area contributed by atoms with E-state index >= 15 is 0 Å². The van der Waals surface area contributed by atoms with Crippen molar-refractivity contribution in [2.45, 2.75) is 12.6 Å². The van der Waals surface area contributed by atoms with E-state index in [1.165, 1.54) is 21.9 Å². The van der Waals surface area contributed by atoms with Crippen LogP contribution < -0.4 is 14.8 Å². The molecule has 5 N–H and O–H groups in total. The highest BCUT2D eigenvalue weighted by atomic mass is 16.5. The van der Waals surface area contributed by atoms with Gasteiger partial charge in [0, 0.05) is 24.2 Å². The number of ether oxygens (including phenoxy) is 2. The summed E-state index contributed by atoms with van der Waals surface area (Å²) in [5, 5.41) is 35.6. The predicted octanol–water partition coefficient (Wildman–Crippen LogP) is 2.56. The highest BCUT2D eigenvalue weighted by Gasteiger charge is 2.18. The quantitative estimate of drug-likeness (QED) is 0.262. The molecule has 0 fully saturated rings. The molecule has 0 aromatic heterocycles. The number of fused-ring (bicyclic) bond motifs is 1. The Hall–Kier alpha value is -4.68. The first-order valence-corrected chi connectivity index (χ1v) is 11.4. The smallest absolute Gasteiger partial charge is 0.414 e. The SMILES string of the molecule is COc1ccccc1C(CNCc1c(OC)ccc2ccccc12)N(C)C.O=C(O)C(=O)O.O=C(O)C(=O)O. The van der Waals surface area contributed by atoms with Crippen molar-refractivity contribution >= 4 is 34.6 Å². The number of methoxy groups -OCH3 is 2. The van der Waals surface area contributed by atoms with Gasteiger partial charge in [0.05, 0.1) is 20.3 Å². The number of nitrogens with zero attached hydrogens (tertiary/aromatic N) is 1. The van der Waals surface area contributed by atoms with E-state index in [1.807, 2.05) is 18.2 Å². The molecule has 0 bridgehead atoms. The summed E-state index contributed by atoms with van der Waals surface area (Å²) in [7, 11) is 7.64. The van der Waals surface area contributed by atoms with E-state index in [0.717, 1.165) is 24.6 Å². The van der Waals surface area contributed by atoms with E-state index in [2.05, 4.69) is 66.8 Å². The number of para-hydroxylation sites is 1. The molecule has 0 saturated heterocycles. The Kier molecular flexibility index (Phi) is 13.5. The topological polar surface area (TPSA) is 183 Å². The van der Waals surface area contributed by atoms with Gasteiger partial charge in [-0.3, -0.25) is 0 Å². The van der Waals surface area contributed by atoms with Crippen LogP contribution in [0.15, 0.2) is 60.7 Å². The molecule has 0 spiro atoms. The van der Waals surface area contributed by atoms with Crippen LogP contribution in [0.5, 0.6) is 11.5 Å². The zero-order chi connectivity index (χ0) is 29.5. The number of benzene rings is 3. The number of rotatable bonds is 8. The maximum absolute atomic E-state index is 9.10. The lowest BCUT2D eigenvalue weighted by molar-refractivity contribution is -0.159. The normalized spacial score (nSPS) is 10.8. The maximum Gasteiger partial charge on any atom is 0.414 e. The van der Waals surface area contributed by atoms with Crippen molar-refractivity contribution < 1.29 is 49.1 Å². The van der Waals surface area contributed by atoms with Crippen molar-refractivity contribution in [2.24, 2.45) is 0 Å². The molecule has 12 heteroatoms. The van der Waals surface area contributed by atoms with Gasteiger partial charge >= 0.3 is 23.9 Å². The maximum atomic E-state index is 9.10. The van der Waals surface area contributed by atoms with Gasteiger partial charge in [-0.1, -0.05) is 48.5 Å². The van der Waals surface area contributed by atoms with Crippen molar-refractivity contribution in [1.82, 2.24) is 10.2 Å². The second-order valence-corrected chi connectivity index (χ2v) is 8.04. The lowest BCUT2D eigenvalue weighted by Crippen LogP contribution is -2.31. The molecule has 3 aromatic rings. The lowest BCUT2D eigenvalue weighted by atomic mass is 10.0. The second kappa shape index (κ2) is 16.2. The van der Waals surface area contributed by atoms with Crippen LogP contribution in [0.1, 0.15) is 17.2 Å². The van der Waals surface area contributed by atoms with Gasteiger partial charge in [0.25, 0.3) is 0 Å². The number of carbonyl (C=O) groups is 4. The highest BCUT2D eigenvalue weighted by Crippen LogP contribution is 2.29. The van der Waals surface area contributed by atoms with Crippen molar-refractivity contribution in [3.63, 3.8) is 0 Å². The van der Waals surface area contributed by atoms with Crippen molar-refractivity contribution in [3.05, 3.63) is 71.8 Å². The van der Waals surface area contributed by atoms with Crippen LogP contribution in [0, 0.1) is 0 Å².